The van der Waals surface area contributed by atoms with E-state index in [9.17, 15) is 9.59 Å². The zero-order valence-electron chi connectivity index (χ0n) is 20.6. The molecule has 0 N–H and O–H groups in total. The van der Waals surface area contributed by atoms with Crippen LogP contribution in [0.3, 0.4) is 0 Å². The Morgan fingerprint density at radius 3 is 2.50 bits per heavy atom. The van der Waals surface area contributed by atoms with E-state index in [0.717, 1.165) is 42.0 Å². The lowest BCUT2D eigenvalue weighted by Crippen LogP contribution is -2.50. The van der Waals surface area contributed by atoms with Crippen molar-refractivity contribution in [3.63, 3.8) is 0 Å². The summed E-state index contributed by atoms with van der Waals surface area (Å²) >= 11 is 6.40. The Bertz CT molecular complexity index is 940. The van der Waals surface area contributed by atoms with Crippen LogP contribution in [0.25, 0.3) is 0 Å². The number of carbonyl (C=O) groups is 2. The monoisotopic (exact) mass is 488 g/mol. The standard InChI is InChI=1S/C26H37ClN4O3/c1-28(2)26(33)30(16-17-34-3)20-25(32)31(22-11-5-4-6-12-22)19-23-13-9-15-29(23)18-21-10-7-8-14-24(21)27/h7-10,13-15,22H,4-6,11-12,16-20H2,1-3H3. The van der Waals surface area contributed by atoms with Crippen molar-refractivity contribution in [1.29, 1.82) is 0 Å². The minimum absolute atomic E-state index is 0.0244. The summed E-state index contributed by atoms with van der Waals surface area (Å²) in [6.45, 7) is 1.96. The Balaban J connectivity index is 1.80. The number of hydrogen-bond donors (Lipinski definition) is 0. The molecule has 1 aromatic carbocycles. The number of hydrogen-bond acceptors (Lipinski definition) is 3. The van der Waals surface area contributed by atoms with E-state index in [1.807, 2.05) is 41.4 Å². The van der Waals surface area contributed by atoms with Crippen LogP contribution >= 0.6 is 11.6 Å². The summed E-state index contributed by atoms with van der Waals surface area (Å²) in [6.07, 6.45) is 7.48. The predicted molar refractivity (Wildman–Crippen MR) is 135 cm³/mol. The van der Waals surface area contributed by atoms with Crippen LogP contribution < -0.4 is 0 Å². The van der Waals surface area contributed by atoms with Crippen molar-refractivity contribution in [3.8, 4) is 0 Å². The molecule has 1 fully saturated rings. The van der Waals surface area contributed by atoms with Crippen molar-refractivity contribution in [3.05, 3.63) is 58.9 Å². The molecule has 0 spiro atoms. The van der Waals surface area contributed by atoms with Crippen LogP contribution in [-0.4, -0.2) is 78.1 Å². The van der Waals surface area contributed by atoms with E-state index < -0.39 is 0 Å². The van der Waals surface area contributed by atoms with E-state index in [-0.39, 0.29) is 24.5 Å². The van der Waals surface area contributed by atoms with E-state index >= 15 is 0 Å². The maximum Gasteiger partial charge on any atom is 0.320 e. The van der Waals surface area contributed by atoms with Crippen LogP contribution in [0.2, 0.25) is 5.02 Å². The number of carbonyl (C=O) groups excluding carboxylic acids is 2. The van der Waals surface area contributed by atoms with Crippen LogP contribution in [0, 0.1) is 0 Å². The summed E-state index contributed by atoms with van der Waals surface area (Å²) in [6, 6.07) is 11.9. The van der Waals surface area contributed by atoms with Crippen molar-refractivity contribution in [2.45, 2.75) is 51.2 Å². The van der Waals surface area contributed by atoms with Crippen LogP contribution in [0.5, 0.6) is 0 Å². The largest absolute Gasteiger partial charge is 0.383 e. The molecule has 0 aliphatic heterocycles. The maximum atomic E-state index is 13.6. The number of halogens is 1. The summed E-state index contributed by atoms with van der Waals surface area (Å²) in [7, 11) is 5.00. The lowest BCUT2D eigenvalue weighted by Gasteiger charge is -2.36. The molecule has 0 saturated heterocycles. The Morgan fingerprint density at radius 2 is 1.82 bits per heavy atom. The molecule has 1 heterocycles. The van der Waals surface area contributed by atoms with Gasteiger partial charge in [0.1, 0.15) is 6.54 Å². The summed E-state index contributed by atoms with van der Waals surface area (Å²) in [5.74, 6) is -0.0244. The lowest BCUT2D eigenvalue weighted by atomic mass is 9.94. The van der Waals surface area contributed by atoms with Crippen LogP contribution in [-0.2, 0) is 22.6 Å². The highest BCUT2D eigenvalue weighted by atomic mass is 35.5. The molecule has 1 aromatic heterocycles. The van der Waals surface area contributed by atoms with Crippen molar-refractivity contribution >= 4 is 23.5 Å². The fourth-order valence-corrected chi connectivity index (χ4v) is 4.72. The zero-order chi connectivity index (χ0) is 24.5. The van der Waals surface area contributed by atoms with Gasteiger partial charge in [0.25, 0.3) is 0 Å². The van der Waals surface area contributed by atoms with Gasteiger partial charge < -0.3 is 24.0 Å². The van der Waals surface area contributed by atoms with Gasteiger partial charge in [-0.1, -0.05) is 49.1 Å². The van der Waals surface area contributed by atoms with E-state index in [1.165, 1.54) is 11.3 Å². The Labute approximate surface area is 208 Å². The number of urea groups is 1. The highest BCUT2D eigenvalue weighted by Gasteiger charge is 2.29. The van der Waals surface area contributed by atoms with Crippen molar-refractivity contribution in [2.24, 2.45) is 0 Å². The lowest BCUT2D eigenvalue weighted by molar-refractivity contribution is -0.135. The normalized spacial score (nSPS) is 14.1. The van der Waals surface area contributed by atoms with Crippen LogP contribution in [0.4, 0.5) is 4.79 Å². The third-order valence-corrected chi connectivity index (χ3v) is 6.80. The summed E-state index contributed by atoms with van der Waals surface area (Å²) in [4.78, 5) is 31.4. The first-order valence-corrected chi connectivity index (χ1v) is 12.4. The van der Waals surface area contributed by atoms with Gasteiger partial charge in [-0.05, 0) is 36.6 Å². The summed E-state index contributed by atoms with van der Waals surface area (Å²) in [5.41, 5.74) is 2.10. The zero-order valence-corrected chi connectivity index (χ0v) is 21.3. The molecule has 0 atom stereocenters. The smallest absolute Gasteiger partial charge is 0.320 e. The van der Waals surface area contributed by atoms with Gasteiger partial charge in [-0.3, -0.25) is 4.79 Å². The van der Waals surface area contributed by atoms with Gasteiger partial charge in [0.05, 0.1) is 13.2 Å². The van der Waals surface area contributed by atoms with Crippen LogP contribution in [0.15, 0.2) is 42.6 Å². The number of rotatable bonds is 10. The van der Waals surface area contributed by atoms with Gasteiger partial charge in [-0.15, -0.1) is 0 Å². The van der Waals surface area contributed by atoms with Gasteiger partial charge in [-0.25, -0.2) is 4.79 Å². The Kier molecular flexibility index (Phi) is 9.84. The summed E-state index contributed by atoms with van der Waals surface area (Å²) in [5, 5.41) is 0.735. The number of benzene rings is 1. The van der Waals surface area contributed by atoms with E-state index in [4.69, 9.17) is 16.3 Å². The molecule has 3 rings (SSSR count). The Hall–Kier alpha value is -2.51. The second-order valence-electron chi connectivity index (χ2n) is 9.12. The molecule has 1 aliphatic rings. The summed E-state index contributed by atoms with van der Waals surface area (Å²) < 4.78 is 7.33. The van der Waals surface area contributed by atoms with Gasteiger partial charge >= 0.3 is 6.03 Å². The third-order valence-electron chi connectivity index (χ3n) is 6.43. The molecule has 1 saturated carbocycles. The number of aromatic nitrogens is 1. The van der Waals surface area contributed by atoms with Gasteiger partial charge in [0.2, 0.25) is 5.91 Å². The number of nitrogens with zero attached hydrogens (tertiary/aromatic N) is 4. The minimum Gasteiger partial charge on any atom is -0.383 e. The first kappa shape index (κ1) is 26.1. The average Bonchev–Trinajstić information content (AvgIpc) is 3.28. The minimum atomic E-state index is -0.184. The topological polar surface area (TPSA) is 58.0 Å². The molecular weight excluding hydrogens is 452 g/mol. The number of methoxy groups -OCH3 is 1. The molecule has 1 aliphatic carbocycles. The number of amides is 3. The SMILES string of the molecule is COCCN(CC(=O)N(Cc1cccn1Cc1ccccc1Cl)C1CCCCC1)C(=O)N(C)C. The van der Waals surface area contributed by atoms with Crippen molar-refractivity contribution < 1.29 is 14.3 Å². The molecule has 2 aromatic rings. The predicted octanol–water partition coefficient (Wildman–Crippen LogP) is 4.48. The first-order valence-electron chi connectivity index (χ1n) is 12.0. The fraction of sp³-hybridized carbons (Fsp3) is 0.538. The van der Waals surface area contributed by atoms with Crippen molar-refractivity contribution in [1.82, 2.24) is 19.3 Å². The quantitative estimate of drug-likeness (QED) is 0.495. The van der Waals surface area contributed by atoms with Gasteiger partial charge in [0, 0.05) is 57.2 Å². The molecule has 8 heteroatoms. The van der Waals surface area contributed by atoms with Gasteiger partial charge in [0.15, 0.2) is 0 Å². The molecular formula is C26H37ClN4O3. The van der Waals surface area contributed by atoms with E-state index in [0.29, 0.717) is 26.2 Å². The first-order chi connectivity index (χ1) is 16.4. The molecule has 0 unspecified atom stereocenters. The van der Waals surface area contributed by atoms with Crippen LogP contribution in [0.1, 0.15) is 43.4 Å². The highest BCUT2D eigenvalue weighted by Crippen LogP contribution is 2.25. The molecule has 186 valence electrons. The maximum absolute atomic E-state index is 13.6. The van der Waals surface area contributed by atoms with E-state index in [1.54, 1.807) is 26.1 Å². The second kappa shape index (κ2) is 12.8. The highest BCUT2D eigenvalue weighted by molar-refractivity contribution is 6.31. The van der Waals surface area contributed by atoms with Crippen molar-refractivity contribution in [2.75, 3.05) is 40.9 Å². The van der Waals surface area contributed by atoms with Gasteiger partial charge in [-0.2, -0.15) is 0 Å². The fourth-order valence-electron chi connectivity index (χ4n) is 4.53. The van der Waals surface area contributed by atoms with E-state index in [2.05, 4.69) is 10.6 Å². The second-order valence-corrected chi connectivity index (χ2v) is 9.53. The molecule has 0 radical (unpaired) electrons. The average molecular weight is 489 g/mol. The molecule has 3 amide bonds. The third kappa shape index (κ3) is 7.00. The number of ether oxygens (including phenoxy) is 1. The Morgan fingerprint density at radius 1 is 1.09 bits per heavy atom. The molecule has 34 heavy (non-hydrogen) atoms. The molecule has 7 nitrogen and oxygen atoms in total. The molecule has 0 bridgehead atoms.